The summed E-state index contributed by atoms with van der Waals surface area (Å²) in [6, 6.07) is 7.97. The van der Waals surface area contributed by atoms with Gasteiger partial charge in [-0.15, -0.1) is 0 Å². The molecule has 0 radical (unpaired) electrons. The molecule has 2 heterocycles. The molecule has 2 aliphatic heterocycles. The maximum absolute atomic E-state index is 14.2. The SMILES string of the molecule is CC(C)c1ccccc1[C@@H]1CCCC[C@H]1OC(=O)N1C=C([Si](C(C)C)(C(C)C)C(C)C)C(=O)C[C@H]1[C@@H]1CCOC1=O. The van der Waals surface area contributed by atoms with Gasteiger partial charge in [0.2, 0.25) is 0 Å². The highest BCUT2D eigenvalue weighted by Crippen LogP contribution is 2.49. The number of rotatable bonds is 8. The highest BCUT2D eigenvalue weighted by atomic mass is 28.3. The minimum atomic E-state index is -2.36. The third-order valence-corrected chi connectivity index (χ3v) is 17.3. The molecule has 4 atom stereocenters. The molecule has 4 rings (SSSR count). The quantitative estimate of drug-likeness (QED) is 0.228. The minimum absolute atomic E-state index is 0.0860. The molecule has 1 amide bonds. The molecule has 0 bridgehead atoms. The fourth-order valence-electron chi connectivity index (χ4n) is 8.53. The lowest BCUT2D eigenvalue weighted by Gasteiger charge is -2.47. The van der Waals surface area contributed by atoms with Crippen molar-refractivity contribution in [3.63, 3.8) is 0 Å². The first kappa shape index (κ1) is 31.5. The summed E-state index contributed by atoms with van der Waals surface area (Å²) < 4.78 is 11.7. The molecule has 0 spiro atoms. The second-order valence-electron chi connectivity index (χ2n) is 13.7. The Kier molecular flexibility index (Phi) is 9.87. The molecule has 2 fully saturated rings. The summed E-state index contributed by atoms with van der Waals surface area (Å²) in [4.78, 5) is 42.6. The summed E-state index contributed by atoms with van der Waals surface area (Å²) >= 11 is 0. The van der Waals surface area contributed by atoms with Crippen LogP contribution in [0.4, 0.5) is 4.79 Å². The number of benzene rings is 1. The highest BCUT2D eigenvalue weighted by molar-refractivity contribution is 6.93. The summed E-state index contributed by atoms with van der Waals surface area (Å²) in [5, 5.41) is 0.822. The van der Waals surface area contributed by atoms with Crippen molar-refractivity contribution in [2.75, 3.05) is 6.61 Å². The maximum Gasteiger partial charge on any atom is 0.414 e. The number of ether oxygens (including phenoxy) is 2. The predicted molar refractivity (Wildman–Crippen MR) is 165 cm³/mol. The second-order valence-corrected chi connectivity index (χ2v) is 19.6. The molecule has 0 N–H and O–H groups in total. The van der Waals surface area contributed by atoms with Crippen molar-refractivity contribution in [1.29, 1.82) is 0 Å². The number of nitrogens with zero attached hydrogens (tertiary/aromatic N) is 1. The number of carbonyl (C=O) groups excluding carboxylic acids is 3. The summed E-state index contributed by atoms with van der Waals surface area (Å²) in [5.41, 5.74) is 3.53. The van der Waals surface area contributed by atoms with Crippen LogP contribution in [0.3, 0.4) is 0 Å². The first-order valence-corrected chi connectivity index (χ1v) is 18.1. The van der Waals surface area contributed by atoms with E-state index in [2.05, 4.69) is 79.7 Å². The standard InChI is InChI=1S/C34H51NO5Si/c1-21(2)25-13-9-10-14-26(25)27-15-11-12-16-31(27)40-34(38)35-20-32(41(22(3)4,23(5)6)24(7)8)30(36)19-29(35)28-17-18-39-33(28)37/h9-10,13-14,20-24,27-29,31H,11-12,15-19H2,1-8H3/t27-,28-,29-,31+/m0/s1. The van der Waals surface area contributed by atoms with Crippen LogP contribution < -0.4 is 0 Å². The van der Waals surface area contributed by atoms with Gasteiger partial charge in [0.1, 0.15) is 14.2 Å². The molecule has 1 saturated carbocycles. The van der Waals surface area contributed by atoms with Gasteiger partial charge in [-0.2, -0.15) is 0 Å². The molecule has 226 valence electrons. The fourth-order valence-corrected chi connectivity index (χ4v) is 15.3. The zero-order chi connectivity index (χ0) is 30.1. The van der Waals surface area contributed by atoms with Crippen LogP contribution in [-0.2, 0) is 19.1 Å². The summed E-state index contributed by atoms with van der Waals surface area (Å²) in [7, 11) is -2.36. The van der Waals surface area contributed by atoms with Gasteiger partial charge in [-0.1, -0.05) is 86.1 Å². The molecule has 0 unspecified atom stereocenters. The van der Waals surface area contributed by atoms with E-state index in [1.54, 1.807) is 4.90 Å². The Morgan fingerprint density at radius 2 is 1.54 bits per heavy atom. The van der Waals surface area contributed by atoms with E-state index in [1.165, 1.54) is 11.1 Å². The fraction of sp³-hybridized carbons (Fsp3) is 0.676. The Hall–Kier alpha value is -2.41. The van der Waals surface area contributed by atoms with Crippen molar-refractivity contribution < 1.29 is 23.9 Å². The van der Waals surface area contributed by atoms with E-state index >= 15 is 0 Å². The average molecular weight is 582 g/mol. The Bertz CT molecular complexity index is 1130. The molecule has 0 aromatic heterocycles. The van der Waals surface area contributed by atoms with Crippen molar-refractivity contribution >= 4 is 25.9 Å². The number of carbonyl (C=O) groups is 3. The lowest BCUT2D eigenvalue weighted by Crippen LogP contribution is -2.55. The topological polar surface area (TPSA) is 72.9 Å². The number of cyclic esters (lactones) is 1. The Labute approximate surface area is 248 Å². The third-order valence-electron chi connectivity index (χ3n) is 10.3. The van der Waals surface area contributed by atoms with Crippen LogP contribution in [0, 0.1) is 5.92 Å². The zero-order valence-electron chi connectivity index (χ0n) is 26.4. The third kappa shape index (κ3) is 5.93. The van der Waals surface area contributed by atoms with Crippen LogP contribution in [0.5, 0.6) is 0 Å². The van der Waals surface area contributed by atoms with Crippen LogP contribution in [0.25, 0.3) is 0 Å². The molecule has 1 aliphatic carbocycles. The first-order valence-electron chi connectivity index (χ1n) is 15.9. The summed E-state index contributed by atoms with van der Waals surface area (Å²) in [6.45, 7) is 18.1. The van der Waals surface area contributed by atoms with Gasteiger partial charge in [0, 0.05) is 18.5 Å². The number of Topliss-reactive ketones (excluding diaryl/α,β-unsaturated/α-hetero) is 1. The minimum Gasteiger partial charge on any atom is -0.465 e. The number of amides is 1. The molecule has 41 heavy (non-hydrogen) atoms. The van der Waals surface area contributed by atoms with Crippen molar-refractivity contribution in [2.24, 2.45) is 5.92 Å². The van der Waals surface area contributed by atoms with Crippen molar-refractivity contribution in [3.05, 3.63) is 46.8 Å². The van der Waals surface area contributed by atoms with E-state index in [9.17, 15) is 14.4 Å². The Balaban J connectivity index is 1.74. The molecule has 6 nitrogen and oxygen atoms in total. The molecule has 1 aromatic carbocycles. The smallest absolute Gasteiger partial charge is 0.414 e. The van der Waals surface area contributed by atoms with E-state index in [1.807, 2.05) is 6.20 Å². The lowest BCUT2D eigenvalue weighted by atomic mass is 9.78. The van der Waals surface area contributed by atoms with Crippen LogP contribution in [-0.4, -0.2) is 49.6 Å². The van der Waals surface area contributed by atoms with E-state index in [-0.39, 0.29) is 30.2 Å². The van der Waals surface area contributed by atoms with E-state index < -0.39 is 26.1 Å². The molecule has 3 aliphatic rings. The summed E-state index contributed by atoms with van der Waals surface area (Å²) in [5.74, 6) is -0.239. The van der Waals surface area contributed by atoms with Crippen molar-refractivity contribution in [3.8, 4) is 0 Å². The van der Waals surface area contributed by atoms with Gasteiger partial charge in [0.25, 0.3) is 0 Å². The van der Waals surface area contributed by atoms with Crippen molar-refractivity contribution in [2.45, 2.75) is 135 Å². The van der Waals surface area contributed by atoms with Crippen LogP contribution in [0.2, 0.25) is 16.6 Å². The molecule has 7 heteroatoms. The van der Waals surface area contributed by atoms with Gasteiger partial charge in [-0.05, 0) is 64.5 Å². The predicted octanol–water partition coefficient (Wildman–Crippen LogP) is 8.28. The normalized spacial score (nSPS) is 25.8. The molecular formula is C34H51NO5Si. The zero-order valence-corrected chi connectivity index (χ0v) is 27.4. The Morgan fingerprint density at radius 3 is 2.12 bits per heavy atom. The van der Waals surface area contributed by atoms with E-state index in [0.717, 1.165) is 30.9 Å². The van der Waals surface area contributed by atoms with Gasteiger partial charge in [-0.25, -0.2) is 4.79 Å². The van der Waals surface area contributed by atoms with Crippen LogP contribution >= 0.6 is 0 Å². The summed E-state index contributed by atoms with van der Waals surface area (Å²) in [6.07, 6.45) is 5.72. The first-order chi connectivity index (χ1) is 19.4. The Morgan fingerprint density at radius 1 is 0.902 bits per heavy atom. The average Bonchev–Trinajstić information content (AvgIpc) is 3.34. The monoisotopic (exact) mass is 581 g/mol. The molecule has 1 saturated heterocycles. The van der Waals surface area contributed by atoms with E-state index in [0.29, 0.717) is 35.6 Å². The van der Waals surface area contributed by atoms with Gasteiger partial charge in [0.15, 0.2) is 5.78 Å². The molecule has 1 aromatic rings. The second kappa shape index (κ2) is 12.8. The van der Waals surface area contributed by atoms with Crippen LogP contribution in [0.15, 0.2) is 35.7 Å². The molecular weight excluding hydrogens is 530 g/mol. The number of allylic oxidation sites excluding steroid dienone is 1. The van der Waals surface area contributed by atoms with Gasteiger partial charge in [-0.3, -0.25) is 14.5 Å². The van der Waals surface area contributed by atoms with E-state index in [4.69, 9.17) is 9.47 Å². The van der Waals surface area contributed by atoms with Gasteiger partial charge >= 0.3 is 12.1 Å². The number of esters is 1. The van der Waals surface area contributed by atoms with Crippen LogP contribution in [0.1, 0.15) is 117 Å². The maximum atomic E-state index is 14.2. The highest BCUT2D eigenvalue weighted by Gasteiger charge is 2.53. The van der Waals surface area contributed by atoms with Gasteiger partial charge in [0.05, 0.1) is 18.6 Å². The number of ketones is 1. The van der Waals surface area contributed by atoms with Gasteiger partial charge < -0.3 is 9.47 Å². The lowest BCUT2D eigenvalue weighted by molar-refractivity contribution is -0.142. The largest absolute Gasteiger partial charge is 0.465 e. The number of hydrogen-bond acceptors (Lipinski definition) is 5. The number of hydrogen-bond donors (Lipinski definition) is 0. The van der Waals surface area contributed by atoms with Crippen molar-refractivity contribution in [1.82, 2.24) is 4.90 Å².